The van der Waals surface area contributed by atoms with Crippen molar-refractivity contribution in [3.05, 3.63) is 53.4 Å². The molecular formula is C19H18ClN3O4S. The molecule has 0 saturated heterocycles. The van der Waals surface area contributed by atoms with Crippen LogP contribution in [-0.4, -0.2) is 49.0 Å². The summed E-state index contributed by atoms with van der Waals surface area (Å²) >= 11 is 6.13. The number of halogens is 1. The Hall–Kier alpha value is -2.42. The Bertz CT molecular complexity index is 1120. The maximum absolute atomic E-state index is 13.0. The summed E-state index contributed by atoms with van der Waals surface area (Å²) in [5.74, 6) is 0.982. The minimum atomic E-state index is -3.64. The minimum absolute atomic E-state index is 0.179. The molecule has 0 aliphatic carbocycles. The lowest BCUT2D eigenvalue weighted by Crippen LogP contribution is -2.37. The maximum atomic E-state index is 13.0. The fourth-order valence-corrected chi connectivity index (χ4v) is 4.59. The molecule has 0 saturated carbocycles. The first kappa shape index (κ1) is 18.9. The summed E-state index contributed by atoms with van der Waals surface area (Å²) < 4.78 is 38.9. The summed E-state index contributed by atoms with van der Waals surface area (Å²) in [6.07, 6.45) is 1.38. The Morgan fingerprint density at radius 3 is 2.32 bits per heavy atom. The molecule has 4 rings (SSSR count). The lowest BCUT2D eigenvalue weighted by atomic mass is 10.2. The molecule has 2 aromatic carbocycles. The number of aryl methyl sites for hydroxylation is 1. The van der Waals surface area contributed by atoms with Crippen LogP contribution < -0.4 is 9.47 Å². The second kappa shape index (κ2) is 7.54. The van der Waals surface area contributed by atoms with Crippen LogP contribution in [-0.2, 0) is 10.0 Å². The molecule has 9 heteroatoms. The number of benzene rings is 2. The zero-order valence-electron chi connectivity index (χ0n) is 15.1. The number of rotatable bonds is 2. The van der Waals surface area contributed by atoms with Crippen LogP contribution in [0.1, 0.15) is 5.56 Å². The topological polar surface area (TPSA) is 81.6 Å². The highest BCUT2D eigenvalue weighted by atomic mass is 35.5. The van der Waals surface area contributed by atoms with E-state index in [1.54, 1.807) is 36.4 Å². The molecule has 0 unspecified atom stereocenters. The van der Waals surface area contributed by atoms with Gasteiger partial charge < -0.3 is 9.47 Å². The standard InChI is InChI=1S/C19H18ClN3O4S/c1-13-2-4-14(5-3-13)28(24,25)23-6-8-26-17-10-15-16(21-12-22-19(15)20)11-18(17)27-9-7-23/h2-5,10-12H,6-9H2,1H3. The first-order valence-corrected chi connectivity index (χ1v) is 10.5. The zero-order valence-corrected chi connectivity index (χ0v) is 16.7. The van der Waals surface area contributed by atoms with Gasteiger partial charge in [0.1, 0.15) is 24.7 Å². The molecule has 0 bridgehead atoms. The zero-order chi connectivity index (χ0) is 19.7. The van der Waals surface area contributed by atoms with E-state index in [0.717, 1.165) is 5.56 Å². The van der Waals surface area contributed by atoms with Gasteiger partial charge in [-0.25, -0.2) is 18.4 Å². The maximum Gasteiger partial charge on any atom is 0.243 e. The number of sulfonamides is 1. The Balaban J connectivity index is 1.60. The van der Waals surface area contributed by atoms with Gasteiger partial charge >= 0.3 is 0 Å². The smallest absolute Gasteiger partial charge is 0.243 e. The summed E-state index contributed by atoms with van der Waals surface area (Å²) in [7, 11) is -3.64. The summed E-state index contributed by atoms with van der Waals surface area (Å²) in [5.41, 5.74) is 1.63. The van der Waals surface area contributed by atoms with E-state index in [0.29, 0.717) is 27.6 Å². The Labute approximate surface area is 167 Å². The third-order valence-corrected chi connectivity index (χ3v) is 6.72. The lowest BCUT2D eigenvalue weighted by Gasteiger charge is -2.21. The SMILES string of the molecule is Cc1ccc(S(=O)(=O)N2CCOc3cc4ncnc(Cl)c4cc3OCC2)cc1. The molecule has 146 valence electrons. The van der Waals surface area contributed by atoms with Crippen molar-refractivity contribution in [3.8, 4) is 11.5 Å². The van der Waals surface area contributed by atoms with Crippen molar-refractivity contribution in [2.24, 2.45) is 0 Å². The van der Waals surface area contributed by atoms with Gasteiger partial charge in [0.2, 0.25) is 10.0 Å². The third kappa shape index (κ3) is 3.63. The van der Waals surface area contributed by atoms with Crippen LogP contribution in [0.25, 0.3) is 10.9 Å². The van der Waals surface area contributed by atoms with Gasteiger partial charge in [-0.05, 0) is 25.1 Å². The molecule has 0 atom stereocenters. The quantitative estimate of drug-likeness (QED) is 0.594. The van der Waals surface area contributed by atoms with Gasteiger partial charge in [-0.15, -0.1) is 0 Å². The monoisotopic (exact) mass is 419 g/mol. The fraction of sp³-hybridized carbons (Fsp3) is 0.263. The van der Waals surface area contributed by atoms with Crippen molar-refractivity contribution < 1.29 is 17.9 Å². The highest BCUT2D eigenvalue weighted by molar-refractivity contribution is 7.89. The van der Waals surface area contributed by atoms with E-state index in [4.69, 9.17) is 21.1 Å². The molecule has 0 spiro atoms. The van der Waals surface area contributed by atoms with E-state index >= 15 is 0 Å². The average Bonchev–Trinajstić information content (AvgIpc) is 2.77. The van der Waals surface area contributed by atoms with E-state index in [1.807, 2.05) is 6.92 Å². The summed E-state index contributed by atoms with van der Waals surface area (Å²) in [6.45, 7) is 2.69. The number of aromatic nitrogens is 2. The van der Waals surface area contributed by atoms with Gasteiger partial charge in [0.05, 0.1) is 10.4 Å². The Morgan fingerprint density at radius 2 is 1.64 bits per heavy atom. The van der Waals surface area contributed by atoms with Crippen molar-refractivity contribution in [1.29, 1.82) is 0 Å². The van der Waals surface area contributed by atoms with Crippen molar-refractivity contribution in [2.45, 2.75) is 11.8 Å². The molecule has 0 radical (unpaired) electrons. The van der Waals surface area contributed by atoms with Gasteiger partial charge in [-0.3, -0.25) is 0 Å². The second-order valence-corrected chi connectivity index (χ2v) is 8.69. The normalized spacial score (nSPS) is 15.6. The molecule has 3 aromatic rings. The van der Waals surface area contributed by atoms with E-state index in [2.05, 4.69) is 9.97 Å². The molecule has 28 heavy (non-hydrogen) atoms. The molecular weight excluding hydrogens is 402 g/mol. The fourth-order valence-electron chi connectivity index (χ4n) is 2.98. The van der Waals surface area contributed by atoms with Gasteiger partial charge in [0, 0.05) is 24.5 Å². The van der Waals surface area contributed by atoms with E-state index in [9.17, 15) is 8.42 Å². The van der Waals surface area contributed by atoms with Crippen LogP contribution >= 0.6 is 11.6 Å². The molecule has 1 aromatic heterocycles. The minimum Gasteiger partial charge on any atom is -0.488 e. The highest BCUT2D eigenvalue weighted by Crippen LogP contribution is 2.34. The van der Waals surface area contributed by atoms with E-state index in [-0.39, 0.29) is 31.2 Å². The van der Waals surface area contributed by atoms with E-state index < -0.39 is 10.0 Å². The van der Waals surface area contributed by atoms with Crippen LogP contribution in [0.5, 0.6) is 11.5 Å². The molecule has 0 fully saturated rings. The number of ether oxygens (including phenoxy) is 2. The number of hydrogen-bond acceptors (Lipinski definition) is 6. The van der Waals surface area contributed by atoms with Crippen molar-refractivity contribution in [2.75, 3.05) is 26.3 Å². The van der Waals surface area contributed by atoms with Gasteiger partial charge in [-0.2, -0.15) is 4.31 Å². The largest absolute Gasteiger partial charge is 0.488 e. The van der Waals surface area contributed by atoms with Gasteiger partial charge in [-0.1, -0.05) is 29.3 Å². The molecule has 1 aliphatic rings. The van der Waals surface area contributed by atoms with Crippen LogP contribution in [0.4, 0.5) is 0 Å². The summed E-state index contributed by atoms with van der Waals surface area (Å²) in [6, 6.07) is 10.2. The molecule has 0 N–H and O–H groups in total. The molecule has 7 nitrogen and oxygen atoms in total. The first-order chi connectivity index (χ1) is 13.4. The second-order valence-electron chi connectivity index (χ2n) is 6.39. The summed E-state index contributed by atoms with van der Waals surface area (Å²) in [5, 5.41) is 0.967. The van der Waals surface area contributed by atoms with Crippen LogP contribution in [0.3, 0.4) is 0 Å². The number of fused-ring (bicyclic) bond motifs is 2. The van der Waals surface area contributed by atoms with Crippen LogP contribution in [0.15, 0.2) is 47.6 Å². The van der Waals surface area contributed by atoms with Crippen molar-refractivity contribution >= 4 is 32.5 Å². The van der Waals surface area contributed by atoms with Crippen LogP contribution in [0.2, 0.25) is 5.15 Å². The highest BCUT2D eigenvalue weighted by Gasteiger charge is 2.26. The van der Waals surface area contributed by atoms with Crippen LogP contribution in [0, 0.1) is 6.92 Å². The predicted octanol–water partition coefficient (Wildman–Crippen LogP) is 3.05. The Morgan fingerprint density at radius 1 is 1.00 bits per heavy atom. The van der Waals surface area contributed by atoms with E-state index in [1.165, 1.54) is 10.6 Å². The van der Waals surface area contributed by atoms with Gasteiger partial charge in [0.25, 0.3) is 0 Å². The molecule has 0 amide bonds. The first-order valence-electron chi connectivity index (χ1n) is 8.72. The number of hydrogen-bond donors (Lipinski definition) is 0. The Kier molecular flexibility index (Phi) is 5.09. The average molecular weight is 420 g/mol. The van der Waals surface area contributed by atoms with Gasteiger partial charge in [0.15, 0.2) is 11.5 Å². The molecule has 1 aliphatic heterocycles. The van der Waals surface area contributed by atoms with Crippen molar-refractivity contribution in [1.82, 2.24) is 14.3 Å². The predicted molar refractivity (Wildman–Crippen MR) is 105 cm³/mol. The third-order valence-electron chi connectivity index (χ3n) is 4.51. The lowest BCUT2D eigenvalue weighted by molar-refractivity contribution is 0.271. The van der Waals surface area contributed by atoms with Crippen molar-refractivity contribution in [3.63, 3.8) is 0 Å². The number of nitrogens with zero attached hydrogens (tertiary/aromatic N) is 3. The molecule has 2 heterocycles. The summed E-state index contributed by atoms with van der Waals surface area (Å²) in [4.78, 5) is 8.41.